The molecule has 0 radical (unpaired) electrons. The number of hydrazine groups is 1. The third-order valence-electron chi connectivity index (χ3n) is 2.85. The Balaban J connectivity index is 2.58. The van der Waals surface area contributed by atoms with Crippen LogP contribution in [0.2, 0.25) is 0 Å². The van der Waals surface area contributed by atoms with Crippen LogP contribution in [0.1, 0.15) is 17.3 Å². The van der Waals surface area contributed by atoms with E-state index in [9.17, 15) is 4.39 Å². The van der Waals surface area contributed by atoms with Gasteiger partial charge in [0.25, 0.3) is 0 Å². The van der Waals surface area contributed by atoms with Gasteiger partial charge in [-0.15, -0.1) is 0 Å². The lowest BCUT2D eigenvalue weighted by atomic mass is 10.0. The maximum absolute atomic E-state index is 14.1. The van der Waals surface area contributed by atoms with Crippen LogP contribution in [0.5, 0.6) is 11.6 Å². The van der Waals surface area contributed by atoms with E-state index in [1.165, 1.54) is 32.7 Å². The summed E-state index contributed by atoms with van der Waals surface area (Å²) in [6.45, 7) is 0. The first-order chi connectivity index (χ1) is 9.72. The Hall–Kier alpha value is -2.25. The molecule has 0 aliphatic carbocycles. The zero-order chi connectivity index (χ0) is 14.5. The monoisotopic (exact) mass is 278 g/mol. The fourth-order valence-electron chi connectivity index (χ4n) is 1.97. The zero-order valence-corrected chi connectivity index (χ0v) is 11.1. The van der Waals surface area contributed by atoms with Crippen LogP contribution in [0.3, 0.4) is 0 Å². The highest BCUT2D eigenvalue weighted by molar-refractivity contribution is 5.42. The molecule has 106 valence electrons. The highest BCUT2D eigenvalue weighted by Gasteiger charge is 2.25. The van der Waals surface area contributed by atoms with Crippen LogP contribution >= 0.6 is 0 Å². The maximum atomic E-state index is 14.1. The van der Waals surface area contributed by atoms with Gasteiger partial charge >= 0.3 is 0 Å². The van der Waals surface area contributed by atoms with Crippen molar-refractivity contribution in [2.75, 3.05) is 14.2 Å². The summed E-state index contributed by atoms with van der Waals surface area (Å²) in [5.41, 5.74) is 3.14. The number of nitrogens with two attached hydrogens (primary N) is 1. The second-order valence-corrected chi connectivity index (χ2v) is 3.91. The molecule has 1 aromatic carbocycles. The first-order valence-corrected chi connectivity index (χ1v) is 5.86. The third kappa shape index (κ3) is 2.54. The average molecular weight is 278 g/mol. The number of nitrogens with zero attached hydrogens (tertiary/aromatic N) is 2. The predicted octanol–water partition coefficient (Wildman–Crippen LogP) is 1.19. The van der Waals surface area contributed by atoms with Crippen molar-refractivity contribution in [1.82, 2.24) is 15.4 Å². The van der Waals surface area contributed by atoms with Crippen molar-refractivity contribution in [3.8, 4) is 11.6 Å². The average Bonchev–Trinajstić information content (AvgIpc) is 2.50. The van der Waals surface area contributed by atoms with Crippen LogP contribution in [0, 0.1) is 5.82 Å². The number of hydrogen-bond acceptors (Lipinski definition) is 6. The van der Waals surface area contributed by atoms with Gasteiger partial charge in [-0.05, 0) is 12.1 Å². The summed E-state index contributed by atoms with van der Waals surface area (Å²) in [7, 11) is 2.92. The summed E-state index contributed by atoms with van der Waals surface area (Å²) in [6, 6.07) is 3.78. The van der Waals surface area contributed by atoms with Gasteiger partial charge in [0.05, 0.1) is 19.8 Å². The van der Waals surface area contributed by atoms with E-state index in [1.54, 1.807) is 12.1 Å². The lowest BCUT2D eigenvalue weighted by Crippen LogP contribution is -2.31. The fourth-order valence-corrected chi connectivity index (χ4v) is 1.97. The minimum Gasteiger partial charge on any atom is -0.496 e. The molecule has 2 aromatic rings. The van der Waals surface area contributed by atoms with Crippen LogP contribution in [-0.2, 0) is 0 Å². The van der Waals surface area contributed by atoms with Crippen molar-refractivity contribution < 1.29 is 13.9 Å². The van der Waals surface area contributed by atoms with Crippen LogP contribution in [0.15, 0.2) is 30.6 Å². The quantitative estimate of drug-likeness (QED) is 0.631. The van der Waals surface area contributed by atoms with Gasteiger partial charge < -0.3 is 9.47 Å². The molecule has 3 N–H and O–H groups in total. The molecule has 1 atom stereocenters. The van der Waals surface area contributed by atoms with Gasteiger partial charge in [0.15, 0.2) is 0 Å². The topological polar surface area (TPSA) is 82.3 Å². The molecule has 6 nitrogen and oxygen atoms in total. The molecule has 1 unspecified atom stereocenters. The highest BCUT2D eigenvalue weighted by Crippen LogP contribution is 2.33. The maximum Gasteiger partial charge on any atom is 0.237 e. The number of benzene rings is 1. The molecule has 0 saturated carbocycles. The molecule has 0 bridgehead atoms. The Kier molecular flexibility index (Phi) is 4.44. The van der Waals surface area contributed by atoms with Gasteiger partial charge in [0, 0.05) is 12.4 Å². The van der Waals surface area contributed by atoms with Gasteiger partial charge in [-0.25, -0.2) is 14.8 Å². The third-order valence-corrected chi connectivity index (χ3v) is 2.85. The summed E-state index contributed by atoms with van der Waals surface area (Å²) in [5.74, 6) is 5.73. The molecule has 0 saturated heterocycles. The Morgan fingerprint density at radius 2 is 1.95 bits per heavy atom. The first-order valence-electron chi connectivity index (χ1n) is 5.86. The molecule has 7 heteroatoms. The predicted molar refractivity (Wildman–Crippen MR) is 70.7 cm³/mol. The summed E-state index contributed by atoms with van der Waals surface area (Å²) in [4.78, 5) is 8.19. The minimum atomic E-state index is -0.741. The number of aromatic nitrogens is 2. The van der Waals surface area contributed by atoms with Crippen LogP contribution in [0.4, 0.5) is 4.39 Å². The van der Waals surface area contributed by atoms with Gasteiger partial charge in [0.1, 0.15) is 23.3 Å². The molecule has 20 heavy (non-hydrogen) atoms. The molecule has 0 spiro atoms. The molecule has 2 rings (SSSR count). The van der Waals surface area contributed by atoms with E-state index >= 15 is 0 Å². The van der Waals surface area contributed by atoms with E-state index in [2.05, 4.69) is 15.4 Å². The lowest BCUT2D eigenvalue weighted by Gasteiger charge is -2.20. The van der Waals surface area contributed by atoms with E-state index in [0.29, 0.717) is 11.4 Å². The van der Waals surface area contributed by atoms with Crippen molar-refractivity contribution in [2.45, 2.75) is 6.04 Å². The number of rotatable bonds is 5. The van der Waals surface area contributed by atoms with E-state index < -0.39 is 11.9 Å². The minimum absolute atomic E-state index is 0.247. The zero-order valence-electron chi connectivity index (χ0n) is 11.1. The van der Waals surface area contributed by atoms with Gasteiger partial charge in [-0.2, -0.15) is 0 Å². The molecule has 1 aromatic heterocycles. The summed E-state index contributed by atoms with van der Waals surface area (Å²) in [5, 5.41) is 0. The Bertz CT molecular complexity index is 594. The Morgan fingerprint density at radius 3 is 2.60 bits per heavy atom. The van der Waals surface area contributed by atoms with Crippen molar-refractivity contribution in [3.05, 3.63) is 47.7 Å². The van der Waals surface area contributed by atoms with Crippen molar-refractivity contribution in [1.29, 1.82) is 0 Å². The van der Waals surface area contributed by atoms with Crippen molar-refractivity contribution in [3.63, 3.8) is 0 Å². The summed E-state index contributed by atoms with van der Waals surface area (Å²) in [6.07, 6.45) is 2.96. The van der Waals surface area contributed by atoms with Gasteiger partial charge in [0.2, 0.25) is 5.88 Å². The summed E-state index contributed by atoms with van der Waals surface area (Å²) >= 11 is 0. The van der Waals surface area contributed by atoms with Crippen LogP contribution < -0.4 is 20.7 Å². The molecular formula is C13H15FN4O2. The van der Waals surface area contributed by atoms with E-state index in [4.69, 9.17) is 15.3 Å². The van der Waals surface area contributed by atoms with E-state index in [1.807, 2.05) is 0 Å². The molecular weight excluding hydrogens is 263 g/mol. The normalized spacial score (nSPS) is 12.0. The molecule has 0 aliphatic heterocycles. The standard InChI is InChI=1S/C13H15FN4O2/c1-19-9-5-3-4-8(14)10(9)11(18-15)12-13(20-2)17-7-6-16-12/h3-7,11,18H,15H2,1-2H3. The number of halogens is 1. The van der Waals surface area contributed by atoms with Crippen LogP contribution in [-0.4, -0.2) is 24.2 Å². The smallest absolute Gasteiger partial charge is 0.237 e. The fraction of sp³-hybridized carbons (Fsp3) is 0.231. The largest absolute Gasteiger partial charge is 0.496 e. The summed E-state index contributed by atoms with van der Waals surface area (Å²) < 4.78 is 24.4. The molecule has 0 fully saturated rings. The highest BCUT2D eigenvalue weighted by atomic mass is 19.1. The number of nitrogens with one attached hydrogen (secondary N) is 1. The van der Waals surface area contributed by atoms with Gasteiger partial charge in [-0.3, -0.25) is 10.8 Å². The molecule has 1 heterocycles. The van der Waals surface area contributed by atoms with Gasteiger partial charge in [-0.1, -0.05) is 6.07 Å². The van der Waals surface area contributed by atoms with Crippen molar-refractivity contribution in [2.24, 2.45) is 5.84 Å². The second kappa shape index (κ2) is 6.27. The first kappa shape index (κ1) is 14.2. The second-order valence-electron chi connectivity index (χ2n) is 3.91. The van der Waals surface area contributed by atoms with E-state index in [-0.39, 0.29) is 11.4 Å². The van der Waals surface area contributed by atoms with E-state index in [0.717, 1.165) is 0 Å². The Morgan fingerprint density at radius 1 is 1.20 bits per heavy atom. The Labute approximate surface area is 115 Å². The molecule has 0 amide bonds. The number of methoxy groups -OCH3 is 2. The number of hydrogen-bond donors (Lipinski definition) is 2. The van der Waals surface area contributed by atoms with Crippen molar-refractivity contribution >= 4 is 0 Å². The SMILES string of the molecule is COc1cccc(F)c1C(NN)c1nccnc1OC. The number of ether oxygens (including phenoxy) is 2. The van der Waals surface area contributed by atoms with Crippen LogP contribution in [0.25, 0.3) is 0 Å². The lowest BCUT2D eigenvalue weighted by molar-refractivity contribution is 0.374. The molecule has 0 aliphatic rings.